The van der Waals surface area contributed by atoms with Crippen LogP contribution in [0.4, 0.5) is 4.79 Å². The minimum Gasteiger partial charge on any atom is -0.481 e. The summed E-state index contributed by atoms with van der Waals surface area (Å²) in [6.07, 6.45) is 1.76. The molecule has 0 aromatic heterocycles. The maximum atomic E-state index is 12.4. The smallest absolute Gasteiger partial charge is 0.320 e. The van der Waals surface area contributed by atoms with Gasteiger partial charge in [0.1, 0.15) is 0 Å². The molecule has 7 nitrogen and oxygen atoms in total. The molecular formula is C12H21N3O4. The molecule has 2 atom stereocenters. The van der Waals surface area contributed by atoms with Gasteiger partial charge >= 0.3 is 12.0 Å². The van der Waals surface area contributed by atoms with Crippen LogP contribution in [0.2, 0.25) is 0 Å². The van der Waals surface area contributed by atoms with Crippen molar-refractivity contribution in [1.29, 1.82) is 0 Å². The molecule has 7 heteroatoms. The van der Waals surface area contributed by atoms with Gasteiger partial charge in [-0.25, -0.2) is 4.79 Å². The number of amides is 2. The van der Waals surface area contributed by atoms with E-state index in [1.807, 2.05) is 0 Å². The van der Waals surface area contributed by atoms with Gasteiger partial charge < -0.3 is 25.4 Å². The molecule has 0 aliphatic carbocycles. The molecule has 2 fully saturated rings. The quantitative estimate of drug-likeness (QED) is 0.719. The van der Waals surface area contributed by atoms with Crippen molar-refractivity contribution in [3.8, 4) is 0 Å². The fourth-order valence-electron chi connectivity index (χ4n) is 2.64. The number of aliphatic carboxylic acids is 1. The van der Waals surface area contributed by atoms with E-state index in [4.69, 9.17) is 15.6 Å². The van der Waals surface area contributed by atoms with Gasteiger partial charge in [0.25, 0.3) is 0 Å². The lowest BCUT2D eigenvalue weighted by atomic mass is 10.1. The molecule has 2 aliphatic rings. The first kappa shape index (κ1) is 14.1. The van der Waals surface area contributed by atoms with E-state index in [2.05, 4.69) is 0 Å². The molecule has 0 spiro atoms. The van der Waals surface area contributed by atoms with Crippen molar-refractivity contribution in [1.82, 2.24) is 9.80 Å². The zero-order valence-corrected chi connectivity index (χ0v) is 11.0. The first-order valence-electron chi connectivity index (χ1n) is 6.68. The molecule has 2 heterocycles. The molecular weight excluding hydrogens is 250 g/mol. The van der Waals surface area contributed by atoms with Gasteiger partial charge in [0.15, 0.2) is 0 Å². The molecule has 2 saturated heterocycles. The Morgan fingerprint density at radius 2 is 2.16 bits per heavy atom. The Hall–Kier alpha value is -1.34. The van der Waals surface area contributed by atoms with Crippen molar-refractivity contribution in [2.75, 3.05) is 32.8 Å². The summed E-state index contributed by atoms with van der Waals surface area (Å²) in [6.45, 7) is 2.45. The summed E-state index contributed by atoms with van der Waals surface area (Å²) in [5.74, 6) is -0.913. The van der Waals surface area contributed by atoms with Crippen molar-refractivity contribution >= 4 is 12.0 Å². The number of carboxylic acid groups (broad SMARTS) is 1. The van der Waals surface area contributed by atoms with E-state index in [0.29, 0.717) is 26.2 Å². The molecule has 2 unspecified atom stereocenters. The number of piperidine rings is 1. The number of carbonyl (C=O) groups excluding carboxylic acids is 1. The predicted octanol–water partition coefficient (Wildman–Crippen LogP) is -0.295. The van der Waals surface area contributed by atoms with Crippen LogP contribution in [-0.4, -0.2) is 71.8 Å². The average molecular weight is 271 g/mol. The fourth-order valence-corrected chi connectivity index (χ4v) is 2.64. The van der Waals surface area contributed by atoms with Crippen molar-refractivity contribution in [3.63, 3.8) is 0 Å². The van der Waals surface area contributed by atoms with Crippen molar-refractivity contribution in [2.24, 2.45) is 5.73 Å². The third kappa shape index (κ3) is 3.57. The van der Waals surface area contributed by atoms with E-state index in [1.165, 1.54) is 0 Å². The highest BCUT2D eigenvalue weighted by Gasteiger charge is 2.33. The van der Waals surface area contributed by atoms with Crippen molar-refractivity contribution < 1.29 is 19.4 Å². The highest BCUT2D eigenvalue weighted by atomic mass is 16.5. The Labute approximate surface area is 112 Å². The summed E-state index contributed by atoms with van der Waals surface area (Å²) < 4.78 is 5.27. The SMILES string of the molecule is NC1CCCN(C(=O)N2CCOCC2CC(=O)O)C1. The van der Waals surface area contributed by atoms with E-state index in [9.17, 15) is 9.59 Å². The third-order valence-electron chi connectivity index (χ3n) is 3.61. The van der Waals surface area contributed by atoms with Gasteiger partial charge in [0, 0.05) is 25.7 Å². The molecule has 0 saturated carbocycles. The second kappa shape index (κ2) is 6.21. The number of hydrogen-bond acceptors (Lipinski definition) is 4. The lowest BCUT2D eigenvalue weighted by molar-refractivity contribution is -0.139. The van der Waals surface area contributed by atoms with E-state index in [-0.39, 0.29) is 31.1 Å². The predicted molar refractivity (Wildman–Crippen MR) is 67.7 cm³/mol. The Balaban J connectivity index is 2.00. The number of ether oxygens (including phenoxy) is 1. The molecule has 108 valence electrons. The summed E-state index contributed by atoms with van der Waals surface area (Å²) >= 11 is 0. The molecule has 0 aromatic rings. The summed E-state index contributed by atoms with van der Waals surface area (Å²) in [5.41, 5.74) is 5.88. The Morgan fingerprint density at radius 3 is 2.84 bits per heavy atom. The monoisotopic (exact) mass is 271 g/mol. The Morgan fingerprint density at radius 1 is 1.37 bits per heavy atom. The first-order valence-corrected chi connectivity index (χ1v) is 6.68. The number of morpholine rings is 1. The minimum absolute atomic E-state index is 0.0247. The van der Waals surface area contributed by atoms with Crippen LogP contribution in [0.5, 0.6) is 0 Å². The number of nitrogens with zero attached hydrogens (tertiary/aromatic N) is 2. The molecule has 2 aliphatic heterocycles. The Bertz CT molecular complexity index is 350. The summed E-state index contributed by atoms with van der Waals surface area (Å²) in [4.78, 5) is 26.6. The minimum atomic E-state index is -0.913. The standard InChI is InChI=1S/C12H21N3O4/c13-9-2-1-3-14(7-9)12(18)15-4-5-19-8-10(15)6-11(16)17/h9-10H,1-8,13H2,(H,16,17). The van der Waals surface area contributed by atoms with Crippen LogP contribution in [-0.2, 0) is 9.53 Å². The average Bonchev–Trinajstić information content (AvgIpc) is 2.38. The van der Waals surface area contributed by atoms with Gasteiger partial charge in [-0.15, -0.1) is 0 Å². The van der Waals surface area contributed by atoms with Crippen LogP contribution in [0.1, 0.15) is 19.3 Å². The summed E-state index contributed by atoms with van der Waals surface area (Å²) in [5, 5.41) is 8.89. The van der Waals surface area contributed by atoms with Gasteiger partial charge in [-0.05, 0) is 12.8 Å². The highest BCUT2D eigenvalue weighted by Crippen LogP contribution is 2.16. The van der Waals surface area contributed by atoms with Crippen LogP contribution in [0, 0.1) is 0 Å². The molecule has 0 bridgehead atoms. The van der Waals surface area contributed by atoms with Crippen molar-refractivity contribution in [2.45, 2.75) is 31.3 Å². The number of hydrogen-bond donors (Lipinski definition) is 2. The van der Waals surface area contributed by atoms with Crippen LogP contribution in [0.15, 0.2) is 0 Å². The van der Waals surface area contributed by atoms with Crippen LogP contribution < -0.4 is 5.73 Å². The number of likely N-dealkylation sites (tertiary alicyclic amines) is 1. The first-order chi connectivity index (χ1) is 9.08. The topological polar surface area (TPSA) is 96.1 Å². The molecule has 2 rings (SSSR count). The lowest BCUT2D eigenvalue weighted by Crippen LogP contribution is -2.57. The van der Waals surface area contributed by atoms with Gasteiger partial charge in [-0.3, -0.25) is 4.79 Å². The highest BCUT2D eigenvalue weighted by molar-refractivity contribution is 5.76. The van der Waals surface area contributed by atoms with E-state index < -0.39 is 5.97 Å². The van der Waals surface area contributed by atoms with Gasteiger partial charge in [0.2, 0.25) is 0 Å². The molecule has 0 radical (unpaired) electrons. The number of nitrogens with two attached hydrogens (primary N) is 1. The zero-order valence-electron chi connectivity index (χ0n) is 11.0. The maximum absolute atomic E-state index is 12.4. The summed E-state index contributed by atoms with van der Waals surface area (Å²) in [7, 11) is 0. The Kier molecular flexibility index (Phi) is 4.60. The van der Waals surface area contributed by atoms with E-state index >= 15 is 0 Å². The maximum Gasteiger partial charge on any atom is 0.320 e. The van der Waals surface area contributed by atoms with E-state index in [0.717, 1.165) is 12.8 Å². The fraction of sp³-hybridized carbons (Fsp3) is 0.833. The van der Waals surface area contributed by atoms with Crippen molar-refractivity contribution in [3.05, 3.63) is 0 Å². The zero-order chi connectivity index (χ0) is 13.8. The normalized spacial score (nSPS) is 28.3. The van der Waals surface area contributed by atoms with Gasteiger partial charge in [-0.2, -0.15) is 0 Å². The van der Waals surface area contributed by atoms with Crippen LogP contribution >= 0.6 is 0 Å². The summed E-state index contributed by atoms with van der Waals surface area (Å²) in [6, 6.07) is -0.460. The number of rotatable bonds is 2. The number of carboxylic acids is 1. The van der Waals surface area contributed by atoms with E-state index in [1.54, 1.807) is 9.80 Å². The van der Waals surface area contributed by atoms with Crippen LogP contribution in [0.3, 0.4) is 0 Å². The number of urea groups is 1. The molecule has 0 aromatic carbocycles. The second-order valence-corrected chi connectivity index (χ2v) is 5.15. The molecule has 19 heavy (non-hydrogen) atoms. The van der Waals surface area contributed by atoms with Crippen LogP contribution in [0.25, 0.3) is 0 Å². The number of carbonyl (C=O) groups is 2. The van der Waals surface area contributed by atoms with Gasteiger partial charge in [-0.1, -0.05) is 0 Å². The molecule has 2 amide bonds. The largest absolute Gasteiger partial charge is 0.481 e. The second-order valence-electron chi connectivity index (χ2n) is 5.15. The van der Waals surface area contributed by atoms with Gasteiger partial charge in [0.05, 0.1) is 25.7 Å². The molecule has 3 N–H and O–H groups in total. The third-order valence-corrected chi connectivity index (χ3v) is 3.61. The lowest BCUT2D eigenvalue weighted by Gasteiger charge is -2.40.